The van der Waals surface area contributed by atoms with Gasteiger partial charge in [0.25, 0.3) is 5.91 Å². The minimum absolute atomic E-state index is 0.0476. The number of hydrogen-bond donors (Lipinski definition) is 2. The van der Waals surface area contributed by atoms with Gasteiger partial charge in [0, 0.05) is 5.69 Å². The minimum Gasteiger partial charge on any atom is -0.342 e. The summed E-state index contributed by atoms with van der Waals surface area (Å²) in [5.41, 5.74) is 5.76. The fourth-order valence-corrected chi connectivity index (χ4v) is 3.72. The number of nitrogens with one attached hydrogen (secondary N) is 2. The number of carbonyl (C=O) groups excluding carboxylic acids is 2. The third kappa shape index (κ3) is 3.19. The summed E-state index contributed by atoms with van der Waals surface area (Å²) in [4.78, 5) is 24.5. The summed E-state index contributed by atoms with van der Waals surface area (Å²) in [5, 5.41) is 7.31. The summed E-state index contributed by atoms with van der Waals surface area (Å²) in [5.74, 6) is -0.463. The molecule has 0 saturated carbocycles. The molecule has 5 heteroatoms. The second-order valence-electron chi connectivity index (χ2n) is 5.91. The molecule has 2 aromatic carbocycles. The van der Waals surface area contributed by atoms with Crippen molar-refractivity contribution in [3.63, 3.8) is 0 Å². The van der Waals surface area contributed by atoms with Crippen molar-refractivity contribution in [1.29, 1.82) is 0 Å². The van der Waals surface area contributed by atoms with Crippen LogP contribution in [0.1, 0.15) is 20.8 Å². The predicted octanol–water partition coefficient (Wildman–Crippen LogP) is 3.69. The van der Waals surface area contributed by atoms with Crippen LogP contribution in [0.3, 0.4) is 0 Å². The van der Waals surface area contributed by atoms with Crippen LogP contribution in [0.2, 0.25) is 0 Å². The standard InChI is InChI=1S/C20H16N2O2S/c23-19(12-21-20(24)18-6-3-9-25-18)22-15-7-8-17-14(11-15)10-13-4-1-2-5-16(13)17/h1-9,11H,10,12H2,(H,21,24)(H,22,23). The van der Waals surface area contributed by atoms with Crippen molar-refractivity contribution in [3.05, 3.63) is 76.0 Å². The number of carbonyl (C=O) groups is 2. The molecule has 1 heterocycles. The lowest BCUT2D eigenvalue weighted by molar-refractivity contribution is -0.115. The topological polar surface area (TPSA) is 58.2 Å². The summed E-state index contributed by atoms with van der Waals surface area (Å²) in [7, 11) is 0. The zero-order valence-corrected chi connectivity index (χ0v) is 14.2. The highest BCUT2D eigenvalue weighted by Gasteiger charge is 2.18. The summed E-state index contributed by atoms with van der Waals surface area (Å²) in [6, 6.07) is 17.8. The Balaban J connectivity index is 1.40. The van der Waals surface area contributed by atoms with Crippen LogP contribution in [0.15, 0.2) is 60.0 Å². The van der Waals surface area contributed by atoms with Gasteiger partial charge in [-0.2, -0.15) is 0 Å². The van der Waals surface area contributed by atoms with Crippen LogP contribution in [0.4, 0.5) is 5.69 Å². The second-order valence-corrected chi connectivity index (χ2v) is 6.86. The van der Waals surface area contributed by atoms with Gasteiger partial charge in [0.05, 0.1) is 11.4 Å². The zero-order valence-electron chi connectivity index (χ0n) is 13.4. The Labute approximate surface area is 149 Å². The van der Waals surface area contributed by atoms with E-state index in [0.717, 1.165) is 12.1 Å². The van der Waals surface area contributed by atoms with Crippen LogP contribution in [0.5, 0.6) is 0 Å². The third-order valence-corrected chi connectivity index (χ3v) is 5.10. The molecule has 0 saturated heterocycles. The maximum atomic E-state index is 12.1. The molecule has 0 bridgehead atoms. The molecule has 124 valence electrons. The molecule has 25 heavy (non-hydrogen) atoms. The van der Waals surface area contributed by atoms with Gasteiger partial charge in [-0.05, 0) is 52.3 Å². The lowest BCUT2D eigenvalue weighted by Gasteiger charge is -2.08. The van der Waals surface area contributed by atoms with Crippen molar-refractivity contribution < 1.29 is 9.59 Å². The van der Waals surface area contributed by atoms with E-state index >= 15 is 0 Å². The number of rotatable bonds is 4. The Morgan fingerprint density at radius 1 is 0.960 bits per heavy atom. The molecule has 0 radical (unpaired) electrons. The average Bonchev–Trinajstić information content (AvgIpc) is 3.27. The quantitative estimate of drug-likeness (QED) is 0.591. The smallest absolute Gasteiger partial charge is 0.261 e. The first-order valence-corrected chi connectivity index (χ1v) is 8.91. The van der Waals surface area contributed by atoms with E-state index in [1.165, 1.54) is 33.6 Å². The van der Waals surface area contributed by atoms with Gasteiger partial charge in [-0.25, -0.2) is 0 Å². The van der Waals surface area contributed by atoms with Crippen molar-refractivity contribution >= 4 is 28.8 Å². The van der Waals surface area contributed by atoms with E-state index in [1.54, 1.807) is 6.07 Å². The van der Waals surface area contributed by atoms with Crippen LogP contribution in [0, 0.1) is 0 Å². The van der Waals surface area contributed by atoms with Crippen LogP contribution in [0.25, 0.3) is 11.1 Å². The van der Waals surface area contributed by atoms with Crippen LogP contribution >= 0.6 is 11.3 Å². The number of anilines is 1. The lowest BCUT2D eigenvalue weighted by Crippen LogP contribution is -2.32. The van der Waals surface area contributed by atoms with Crippen molar-refractivity contribution in [2.75, 3.05) is 11.9 Å². The molecular weight excluding hydrogens is 332 g/mol. The maximum Gasteiger partial charge on any atom is 0.261 e. The first-order chi connectivity index (χ1) is 12.2. The Bertz CT molecular complexity index is 948. The molecule has 1 aromatic heterocycles. The second kappa shape index (κ2) is 6.53. The molecule has 4 nitrogen and oxygen atoms in total. The Morgan fingerprint density at radius 3 is 2.64 bits per heavy atom. The highest BCUT2D eigenvalue weighted by atomic mass is 32.1. The summed E-state index contributed by atoms with van der Waals surface area (Å²) in [6.07, 6.45) is 0.879. The van der Waals surface area contributed by atoms with Gasteiger partial charge in [0.15, 0.2) is 0 Å². The summed E-state index contributed by atoms with van der Waals surface area (Å²) in [6.45, 7) is -0.0476. The molecule has 1 aliphatic carbocycles. The van der Waals surface area contributed by atoms with Crippen molar-refractivity contribution in [2.24, 2.45) is 0 Å². The Morgan fingerprint density at radius 2 is 1.80 bits per heavy atom. The highest BCUT2D eigenvalue weighted by molar-refractivity contribution is 7.12. The van der Waals surface area contributed by atoms with Gasteiger partial charge in [-0.15, -0.1) is 11.3 Å². The Kier molecular flexibility index (Phi) is 4.07. The normalized spacial score (nSPS) is 11.5. The van der Waals surface area contributed by atoms with E-state index in [9.17, 15) is 9.59 Å². The maximum absolute atomic E-state index is 12.1. The van der Waals surface area contributed by atoms with Gasteiger partial charge < -0.3 is 10.6 Å². The molecule has 0 spiro atoms. The number of hydrogen-bond acceptors (Lipinski definition) is 3. The molecular formula is C20H16N2O2S. The zero-order chi connectivity index (χ0) is 17.2. The van der Waals surface area contributed by atoms with Gasteiger partial charge >= 0.3 is 0 Å². The fraction of sp³-hybridized carbons (Fsp3) is 0.100. The van der Waals surface area contributed by atoms with E-state index in [2.05, 4.69) is 22.8 Å². The molecule has 0 unspecified atom stereocenters. The van der Waals surface area contributed by atoms with Gasteiger partial charge in [0.1, 0.15) is 0 Å². The first kappa shape index (κ1) is 15.6. The van der Waals surface area contributed by atoms with Crippen LogP contribution in [-0.4, -0.2) is 18.4 Å². The first-order valence-electron chi connectivity index (χ1n) is 8.03. The summed E-state index contributed by atoms with van der Waals surface area (Å²) >= 11 is 1.35. The molecule has 0 atom stereocenters. The average molecular weight is 348 g/mol. The van der Waals surface area contributed by atoms with Gasteiger partial charge in [0.2, 0.25) is 5.91 Å². The van der Waals surface area contributed by atoms with Gasteiger partial charge in [-0.3, -0.25) is 9.59 Å². The highest BCUT2D eigenvalue weighted by Crippen LogP contribution is 2.37. The molecule has 0 fully saturated rings. The largest absolute Gasteiger partial charge is 0.342 e. The SMILES string of the molecule is O=C(CNC(=O)c1cccs1)Nc1ccc2c(c1)Cc1ccccc1-2. The van der Waals surface area contributed by atoms with E-state index in [-0.39, 0.29) is 18.4 Å². The van der Waals surface area contributed by atoms with E-state index in [1.807, 2.05) is 41.8 Å². The van der Waals surface area contributed by atoms with Crippen molar-refractivity contribution in [2.45, 2.75) is 6.42 Å². The number of benzene rings is 2. The van der Waals surface area contributed by atoms with E-state index < -0.39 is 0 Å². The predicted molar refractivity (Wildman–Crippen MR) is 100.0 cm³/mol. The van der Waals surface area contributed by atoms with Crippen LogP contribution < -0.4 is 10.6 Å². The molecule has 2 amide bonds. The van der Waals surface area contributed by atoms with Crippen LogP contribution in [-0.2, 0) is 11.2 Å². The number of fused-ring (bicyclic) bond motifs is 3. The molecule has 3 aromatic rings. The number of amides is 2. The Hall–Kier alpha value is -2.92. The van der Waals surface area contributed by atoms with Crippen molar-refractivity contribution in [3.8, 4) is 11.1 Å². The monoisotopic (exact) mass is 348 g/mol. The lowest BCUT2D eigenvalue weighted by atomic mass is 10.1. The fourth-order valence-electron chi connectivity index (χ4n) is 3.08. The molecule has 4 rings (SSSR count). The molecule has 2 N–H and O–H groups in total. The van der Waals surface area contributed by atoms with Crippen molar-refractivity contribution in [1.82, 2.24) is 5.32 Å². The number of thiophene rings is 1. The molecule has 0 aliphatic heterocycles. The summed E-state index contributed by atoms with van der Waals surface area (Å²) < 4.78 is 0. The van der Waals surface area contributed by atoms with E-state index in [0.29, 0.717) is 4.88 Å². The molecule has 1 aliphatic rings. The van der Waals surface area contributed by atoms with Gasteiger partial charge in [-0.1, -0.05) is 36.4 Å². The van der Waals surface area contributed by atoms with E-state index in [4.69, 9.17) is 0 Å². The minimum atomic E-state index is -0.236. The third-order valence-electron chi connectivity index (χ3n) is 4.23.